The number of aliphatic carboxylic acids is 1. The molecule has 0 radical (unpaired) electrons. The summed E-state index contributed by atoms with van der Waals surface area (Å²) in [6, 6.07) is 0. The minimum Gasteiger partial charge on any atom is -0.478 e. The molecule has 76 valence electrons. The van der Waals surface area contributed by atoms with Crippen molar-refractivity contribution in [1.82, 2.24) is 0 Å². The van der Waals surface area contributed by atoms with Gasteiger partial charge in [-0.05, 0) is 12.3 Å². The fourth-order valence-electron chi connectivity index (χ4n) is 1.56. The van der Waals surface area contributed by atoms with Crippen LogP contribution in [-0.2, 0) is 4.79 Å². The number of carbonyl (C=O) groups is 1. The van der Waals surface area contributed by atoms with Crippen molar-refractivity contribution in [3.8, 4) is 0 Å². The second-order valence-corrected chi connectivity index (χ2v) is 3.42. The molecule has 0 atom stereocenters. The summed E-state index contributed by atoms with van der Waals surface area (Å²) in [4.78, 5) is 10.2. The monoisotopic (exact) mass is 184 g/mol. The molecule has 1 N–H and O–H groups in total. The van der Waals surface area contributed by atoms with Crippen molar-refractivity contribution in [3.05, 3.63) is 12.2 Å². The molecule has 0 saturated carbocycles. The van der Waals surface area contributed by atoms with Crippen LogP contribution >= 0.6 is 0 Å². The summed E-state index contributed by atoms with van der Waals surface area (Å²) in [5, 5.41) is 8.40. The van der Waals surface area contributed by atoms with Gasteiger partial charge in [0, 0.05) is 6.08 Å². The summed E-state index contributed by atoms with van der Waals surface area (Å²) in [5.41, 5.74) is 0. The first kappa shape index (κ1) is 12.2. The normalized spacial score (nSPS) is 11.3. The van der Waals surface area contributed by atoms with Crippen molar-refractivity contribution in [2.75, 3.05) is 0 Å². The van der Waals surface area contributed by atoms with E-state index in [0.29, 0.717) is 5.92 Å². The molecule has 0 rings (SSSR count). The van der Waals surface area contributed by atoms with Gasteiger partial charge >= 0.3 is 5.97 Å². The van der Waals surface area contributed by atoms with E-state index in [1.807, 2.05) is 0 Å². The second-order valence-electron chi connectivity index (χ2n) is 3.42. The number of hydrogen-bond donors (Lipinski definition) is 1. The maximum atomic E-state index is 10.2. The number of carboxylic acid groups (broad SMARTS) is 1. The Labute approximate surface area is 80.7 Å². The summed E-state index contributed by atoms with van der Waals surface area (Å²) in [6.45, 7) is 4.34. The van der Waals surface area contributed by atoms with E-state index in [2.05, 4.69) is 13.8 Å². The highest BCUT2D eigenvalue weighted by atomic mass is 16.4. The lowest BCUT2D eigenvalue weighted by Crippen LogP contribution is -1.98. The third kappa shape index (κ3) is 7.57. The molecule has 13 heavy (non-hydrogen) atoms. The first-order valence-corrected chi connectivity index (χ1v) is 5.10. The van der Waals surface area contributed by atoms with E-state index in [-0.39, 0.29) is 0 Å². The van der Waals surface area contributed by atoms with Crippen molar-refractivity contribution in [2.24, 2.45) is 5.92 Å². The highest BCUT2D eigenvalue weighted by Gasteiger charge is 2.03. The molecule has 0 aliphatic rings. The highest BCUT2D eigenvalue weighted by Crippen LogP contribution is 2.17. The van der Waals surface area contributed by atoms with Crippen LogP contribution in [-0.4, -0.2) is 11.1 Å². The van der Waals surface area contributed by atoms with E-state index < -0.39 is 5.97 Å². The summed E-state index contributed by atoms with van der Waals surface area (Å²) < 4.78 is 0. The second kappa shape index (κ2) is 7.84. The summed E-state index contributed by atoms with van der Waals surface area (Å²) in [6.07, 6.45) is 8.72. The number of carboxylic acids is 1. The van der Waals surface area contributed by atoms with Crippen molar-refractivity contribution >= 4 is 5.97 Å². The zero-order valence-corrected chi connectivity index (χ0v) is 8.62. The fraction of sp³-hybridized carbons (Fsp3) is 0.727. The topological polar surface area (TPSA) is 37.3 Å². The summed E-state index contributed by atoms with van der Waals surface area (Å²) in [5.74, 6) is -0.169. The van der Waals surface area contributed by atoms with Gasteiger partial charge in [0.2, 0.25) is 0 Å². The Morgan fingerprint density at radius 2 is 1.85 bits per heavy atom. The van der Waals surface area contributed by atoms with E-state index in [1.54, 1.807) is 6.08 Å². The van der Waals surface area contributed by atoms with Gasteiger partial charge in [0.25, 0.3) is 0 Å². The van der Waals surface area contributed by atoms with Crippen LogP contribution in [0.5, 0.6) is 0 Å². The predicted octanol–water partition coefficient (Wildman–Crippen LogP) is 3.23. The number of hydrogen-bond acceptors (Lipinski definition) is 1. The molecule has 0 aromatic heterocycles. The molecule has 0 fully saturated rings. The van der Waals surface area contributed by atoms with Gasteiger partial charge in [-0.15, -0.1) is 0 Å². The van der Waals surface area contributed by atoms with Gasteiger partial charge in [-0.2, -0.15) is 0 Å². The largest absolute Gasteiger partial charge is 0.478 e. The molecular weight excluding hydrogens is 164 g/mol. The summed E-state index contributed by atoms with van der Waals surface area (Å²) >= 11 is 0. The molecule has 0 unspecified atom stereocenters. The Morgan fingerprint density at radius 1 is 1.31 bits per heavy atom. The van der Waals surface area contributed by atoms with Crippen LogP contribution in [0, 0.1) is 5.92 Å². The van der Waals surface area contributed by atoms with Crippen LogP contribution in [0.15, 0.2) is 12.2 Å². The lowest BCUT2D eigenvalue weighted by molar-refractivity contribution is -0.131. The Bertz CT molecular complexity index is 155. The average molecular weight is 184 g/mol. The van der Waals surface area contributed by atoms with Gasteiger partial charge in [-0.1, -0.05) is 45.6 Å². The minimum atomic E-state index is -0.841. The third-order valence-electron chi connectivity index (χ3n) is 2.12. The van der Waals surface area contributed by atoms with Gasteiger partial charge < -0.3 is 5.11 Å². The smallest absolute Gasteiger partial charge is 0.327 e. The van der Waals surface area contributed by atoms with Crippen molar-refractivity contribution in [3.63, 3.8) is 0 Å². The third-order valence-corrected chi connectivity index (χ3v) is 2.12. The van der Waals surface area contributed by atoms with Crippen LogP contribution in [0.3, 0.4) is 0 Å². The lowest BCUT2D eigenvalue weighted by atomic mass is 9.95. The Hall–Kier alpha value is -0.790. The van der Waals surface area contributed by atoms with Crippen molar-refractivity contribution < 1.29 is 9.90 Å². The van der Waals surface area contributed by atoms with Gasteiger partial charge in [-0.25, -0.2) is 4.79 Å². The van der Waals surface area contributed by atoms with Crippen molar-refractivity contribution in [1.29, 1.82) is 0 Å². The molecule has 2 nitrogen and oxygen atoms in total. The number of rotatable bonds is 7. The SMILES string of the molecule is CCCC(CC=CC(=O)O)CCC. The van der Waals surface area contributed by atoms with E-state index in [4.69, 9.17) is 5.11 Å². The molecule has 0 heterocycles. The van der Waals surface area contributed by atoms with E-state index in [1.165, 1.54) is 31.8 Å². The molecule has 0 spiro atoms. The molecule has 0 aromatic rings. The van der Waals surface area contributed by atoms with E-state index in [9.17, 15) is 4.79 Å². The van der Waals surface area contributed by atoms with Gasteiger partial charge in [0.05, 0.1) is 0 Å². The Kier molecular flexibility index (Phi) is 7.36. The Balaban J connectivity index is 3.73. The molecule has 2 heteroatoms. The van der Waals surface area contributed by atoms with Gasteiger partial charge in [0.1, 0.15) is 0 Å². The first-order valence-electron chi connectivity index (χ1n) is 5.10. The summed E-state index contributed by atoms with van der Waals surface area (Å²) in [7, 11) is 0. The number of allylic oxidation sites excluding steroid dienone is 1. The molecular formula is C11H20O2. The van der Waals surface area contributed by atoms with Crippen LogP contribution < -0.4 is 0 Å². The zero-order valence-electron chi connectivity index (χ0n) is 8.62. The maximum absolute atomic E-state index is 10.2. The van der Waals surface area contributed by atoms with Crippen LogP contribution in [0.25, 0.3) is 0 Å². The maximum Gasteiger partial charge on any atom is 0.327 e. The van der Waals surface area contributed by atoms with Crippen LogP contribution in [0.1, 0.15) is 46.0 Å². The molecule has 0 saturated heterocycles. The van der Waals surface area contributed by atoms with Crippen molar-refractivity contribution in [2.45, 2.75) is 46.0 Å². The molecule has 0 bridgehead atoms. The molecule has 0 amide bonds. The fourth-order valence-corrected chi connectivity index (χ4v) is 1.56. The van der Waals surface area contributed by atoms with Gasteiger partial charge in [0.15, 0.2) is 0 Å². The highest BCUT2D eigenvalue weighted by molar-refractivity contribution is 5.79. The predicted molar refractivity (Wildman–Crippen MR) is 54.7 cm³/mol. The zero-order chi connectivity index (χ0) is 10.1. The van der Waals surface area contributed by atoms with E-state index in [0.717, 1.165) is 6.42 Å². The van der Waals surface area contributed by atoms with Crippen LogP contribution in [0.4, 0.5) is 0 Å². The average Bonchev–Trinajstić information content (AvgIpc) is 2.04. The standard InChI is InChI=1S/C11H20O2/c1-3-6-10(7-4-2)8-5-9-11(12)13/h5,9-10H,3-4,6-8H2,1-2H3,(H,12,13). The minimum absolute atomic E-state index is 0.672. The van der Waals surface area contributed by atoms with Gasteiger partial charge in [-0.3, -0.25) is 0 Å². The van der Waals surface area contributed by atoms with E-state index >= 15 is 0 Å². The van der Waals surface area contributed by atoms with Crippen LogP contribution in [0.2, 0.25) is 0 Å². The molecule has 0 aliphatic carbocycles. The Morgan fingerprint density at radius 3 is 2.23 bits per heavy atom. The molecule has 0 aliphatic heterocycles. The lowest BCUT2D eigenvalue weighted by Gasteiger charge is -2.11. The quantitative estimate of drug-likeness (QED) is 0.617. The first-order chi connectivity index (χ1) is 6.20. The molecule has 0 aromatic carbocycles.